The quantitative estimate of drug-likeness (QED) is 0.572. The predicted molar refractivity (Wildman–Crippen MR) is 122 cm³/mol. The lowest BCUT2D eigenvalue weighted by Crippen LogP contribution is -2.53. The minimum atomic E-state index is -3.63. The summed E-state index contributed by atoms with van der Waals surface area (Å²) in [6.45, 7) is 1.36. The van der Waals surface area contributed by atoms with Crippen LogP contribution >= 0.6 is 0 Å². The molecule has 2 aliphatic rings. The second kappa shape index (κ2) is 8.12. The number of sulfonamides is 1. The van der Waals surface area contributed by atoms with Crippen molar-refractivity contribution in [3.63, 3.8) is 0 Å². The molecule has 0 N–H and O–H groups in total. The highest BCUT2D eigenvalue weighted by atomic mass is 32.2. The lowest BCUT2D eigenvalue weighted by atomic mass is 10.1. The number of hydrogen-bond acceptors (Lipinski definition) is 5. The van der Waals surface area contributed by atoms with E-state index < -0.39 is 16.1 Å². The van der Waals surface area contributed by atoms with Gasteiger partial charge in [0.25, 0.3) is 5.91 Å². The maximum atomic E-state index is 13.2. The van der Waals surface area contributed by atoms with Crippen LogP contribution in [0.25, 0.3) is 10.8 Å². The van der Waals surface area contributed by atoms with Gasteiger partial charge >= 0.3 is 0 Å². The van der Waals surface area contributed by atoms with Crippen LogP contribution in [0.5, 0.6) is 0 Å². The number of benzene rings is 3. The zero-order valence-electron chi connectivity index (χ0n) is 17.4. The molecule has 0 radical (unpaired) electrons. The third kappa shape index (κ3) is 3.60. The molecule has 2 amide bonds. The van der Waals surface area contributed by atoms with E-state index >= 15 is 0 Å². The molecule has 2 heterocycles. The Bertz CT molecular complexity index is 1280. The summed E-state index contributed by atoms with van der Waals surface area (Å²) in [6, 6.07) is 21.2. The monoisotopic (exact) mass is 449 g/mol. The molecule has 5 rings (SSSR count). The molecular weight excluding hydrogens is 426 g/mol. The largest absolute Gasteiger partial charge is 0.289 e. The highest BCUT2D eigenvalue weighted by Gasteiger charge is 2.44. The van der Waals surface area contributed by atoms with Gasteiger partial charge in [-0.15, -0.1) is 0 Å². The van der Waals surface area contributed by atoms with Crippen molar-refractivity contribution in [2.75, 3.05) is 31.1 Å². The fourth-order valence-electron chi connectivity index (χ4n) is 4.48. The number of hydrogen-bond donors (Lipinski definition) is 0. The van der Waals surface area contributed by atoms with Crippen LogP contribution in [0.1, 0.15) is 6.42 Å². The summed E-state index contributed by atoms with van der Waals surface area (Å²) < 4.78 is 27.8. The van der Waals surface area contributed by atoms with Gasteiger partial charge in [-0.25, -0.2) is 13.3 Å². The number of para-hydroxylation sites is 1. The van der Waals surface area contributed by atoms with E-state index in [0.29, 0.717) is 18.8 Å². The summed E-state index contributed by atoms with van der Waals surface area (Å²) in [6.07, 6.45) is 0.116. The van der Waals surface area contributed by atoms with Gasteiger partial charge in [-0.05, 0) is 35.0 Å². The molecule has 2 saturated heterocycles. The summed E-state index contributed by atoms with van der Waals surface area (Å²) in [5.41, 5.74) is 0.572. The van der Waals surface area contributed by atoms with E-state index in [1.54, 1.807) is 36.4 Å². The molecule has 3 aromatic rings. The van der Waals surface area contributed by atoms with Crippen LogP contribution in [-0.2, 0) is 19.6 Å². The first-order valence-corrected chi connectivity index (χ1v) is 12.0. The molecule has 164 valence electrons. The molecule has 1 atom stereocenters. The molecule has 0 unspecified atom stereocenters. The van der Waals surface area contributed by atoms with Crippen molar-refractivity contribution in [1.82, 2.24) is 9.21 Å². The Morgan fingerprint density at radius 1 is 0.750 bits per heavy atom. The second-order valence-corrected chi connectivity index (χ2v) is 10.0. The van der Waals surface area contributed by atoms with Crippen molar-refractivity contribution in [3.8, 4) is 0 Å². The molecule has 3 aromatic carbocycles. The number of piperazine rings is 1. The predicted octanol–water partition coefficient (Wildman–Crippen LogP) is 2.48. The second-order valence-electron chi connectivity index (χ2n) is 8.07. The van der Waals surface area contributed by atoms with Gasteiger partial charge in [-0.2, -0.15) is 4.31 Å². The molecule has 32 heavy (non-hydrogen) atoms. The van der Waals surface area contributed by atoms with Crippen molar-refractivity contribution in [2.24, 2.45) is 0 Å². The number of carbonyl (C=O) groups excluding carboxylic acids is 2. The van der Waals surface area contributed by atoms with E-state index in [9.17, 15) is 18.0 Å². The van der Waals surface area contributed by atoms with Crippen molar-refractivity contribution in [2.45, 2.75) is 17.4 Å². The number of fused-ring (bicyclic) bond motifs is 1. The average Bonchev–Trinajstić information content (AvgIpc) is 3.13. The number of imide groups is 1. The smallest absolute Gasteiger partial charge is 0.251 e. The van der Waals surface area contributed by atoms with E-state index in [-0.39, 0.29) is 36.2 Å². The van der Waals surface area contributed by atoms with E-state index in [1.165, 1.54) is 9.21 Å². The summed E-state index contributed by atoms with van der Waals surface area (Å²) in [4.78, 5) is 28.9. The van der Waals surface area contributed by atoms with Crippen LogP contribution in [0.2, 0.25) is 0 Å². The van der Waals surface area contributed by atoms with Crippen molar-refractivity contribution < 1.29 is 18.0 Å². The SMILES string of the molecule is O=C1C[C@@H](N2CCN(S(=O)(=O)c3ccc4ccccc4c3)CC2)C(=O)N1c1ccccc1. The first kappa shape index (κ1) is 20.8. The zero-order chi connectivity index (χ0) is 22.3. The van der Waals surface area contributed by atoms with Gasteiger partial charge in [0.2, 0.25) is 15.9 Å². The Labute approximate surface area is 186 Å². The van der Waals surface area contributed by atoms with Gasteiger partial charge in [0.05, 0.1) is 23.0 Å². The Hall–Kier alpha value is -3.07. The Balaban J connectivity index is 1.29. The van der Waals surface area contributed by atoms with Crippen LogP contribution in [0.15, 0.2) is 77.7 Å². The van der Waals surface area contributed by atoms with Crippen LogP contribution < -0.4 is 4.90 Å². The Morgan fingerprint density at radius 3 is 2.12 bits per heavy atom. The van der Waals surface area contributed by atoms with Crippen molar-refractivity contribution in [3.05, 3.63) is 72.8 Å². The van der Waals surface area contributed by atoms with Gasteiger partial charge in [-0.1, -0.05) is 48.5 Å². The van der Waals surface area contributed by atoms with Crippen LogP contribution in [0, 0.1) is 0 Å². The fraction of sp³-hybridized carbons (Fsp3) is 0.250. The lowest BCUT2D eigenvalue weighted by molar-refractivity contribution is -0.123. The third-order valence-corrected chi connectivity index (χ3v) is 8.10. The Morgan fingerprint density at radius 2 is 1.41 bits per heavy atom. The van der Waals surface area contributed by atoms with E-state index in [4.69, 9.17) is 0 Å². The molecular formula is C24H23N3O4S. The molecule has 2 aliphatic heterocycles. The van der Waals surface area contributed by atoms with E-state index in [2.05, 4.69) is 0 Å². The number of nitrogens with zero attached hydrogens (tertiary/aromatic N) is 3. The fourth-order valence-corrected chi connectivity index (χ4v) is 5.94. The minimum Gasteiger partial charge on any atom is -0.289 e. The van der Waals surface area contributed by atoms with Gasteiger partial charge in [0, 0.05) is 26.2 Å². The molecule has 8 heteroatoms. The van der Waals surface area contributed by atoms with Crippen LogP contribution in [-0.4, -0.2) is 61.7 Å². The van der Waals surface area contributed by atoms with Gasteiger partial charge in [0.15, 0.2) is 0 Å². The van der Waals surface area contributed by atoms with Gasteiger partial charge in [0.1, 0.15) is 0 Å². The highest BCUT2D eigenvalue weighted by Crippen LogP contribution is 2.28. The van der Waals surface area contributed by atoms with Crippen LogP contribution in [0.3, 0.4) is 0 Å². The van der Waals surface area contributed by atoms with Crippen molar-refractivity contribution in [1.29, 1.82) is 0 Å². The topological polar surface area (TPSA) is 78.0 Å². The van der Waals surface area contributed by atoms with Gasteiger partial charge < -0.3 is 0 Å². The maximum Gasteiger partial charge on any atom is 0.251 e. The number of anilines is 1. The van der Waals surface area contributed by atoms with Crippen molar-refractivity contribution >= 4 is 38.3 Å². The number of amides is 2. The summed E-state index contributed by atoms with van der Waals surface area (Å²) in [5.74, 6) is -0.468. The summed E-state index contributed by atoms with van der Waals surface area (Å²) >= 11 is 0. The highest BCUT2D eigenvalue weighted by molar-refractivity contribution is 7.89. The van der Waals surface area contributed by atoms with E-state index in [1.807, 2.05) is 41.3 Å². The standard InChI is InChI=1S/C24H23N3O4S/c28-23-17-22(24(29)27(23)20-8-2-1-3-9-20)25-12-14-26(15-13-25)32(30,31)21-11-10-18-6-4-5-7-19(18)16-21/h1-11,16,22H,12-15,17H2/t22-/m1/s1. The number of rotatable bonds is 4. The zero-order valence-corrected chi connectivity index (χ0v) is 18.2. The van der Waals surface area contributed by atoms with Gasteiger partial charge in [-0.3, -0.25) is 14.5 Å². The minimum absolute atomic E-state index is 0.116. The molecule has 0 spiro atoms. The van der Waals surface area contributed by atoms with Crippen LogP contribution in [0.4, 0.5) is 5.69 Å². The molecule has 7 nitrogen and oxygen atoms in total. The maximum absolute atomic E-state index is 13.2. The number of carbonyl (C=O) groups is 2. The average molecular weight is 450 g/mol. The molecule has 0 saturated carbocycles. The summed E-state index contributed by atoms with van der Waals surface area (Å²) in [7, 11) is -3.63. The summed E-state index contributed by atoms with van der Waals surface area (Å²) in [5, 5.41) is 1.87. The Kier molecular flexibility index (Phi) is 5.28. The molecule has 0 bridgehead atoms. The van der Waals surface area contributed by atoms with E-state index in [0.717, 1.165) is 10.8 Å². The first-order chi connectivity index (χ1) is 15.4. The molecule has 0 aliphatic carbocycles. The third-order valence-electron chi connectivity index (χ3n) is 6.21. The molecule has 2 fully saturated rings. The molecule has 0 aromatic heterocycles. The first-order valence-electron chi connectivity index (χ1n) is 10.6. The normalized spacial score (nSPS) is 20.9. The lowest BCUT2D eigenvalue weighted by Gasteiger charge is -2.36.